The van der Waals surface area contributed by atoms with Crippen molar-refractivity contribution in [2.45, 2.75) is 57.0 Å². The van der Waals surface area contributed by atoms with Gasteiger partial charge >= 0.3 is 5.97 Å². The molecular formula is C32H38N4O5. The van der Waals surface area contributed by atoms with E-state index in [1.807, 2.05) is 42.5 Å². The van der Waals surface area contributed by atoms with E-state index < -0.39 is 29.9 Å². The molecule has 3 aromatic carbocycles. The molecule has 2 atom stereocenters. The van der Waals surface area contributed by atoms with Crippen LogP contribution in [0.3, 0.4) is 0 Å². The number of rotatable bonds is 16. The third-order valence-electron chi connectivity index (χ3n) is 6.83. The van der Waals surface area contributed by atoms with Gasteiger partial charge in [-0.1, -0.05) is 78.9 Å². The van der Waals surface area contributed by atoms with Crippen LogP contribution in [0.5, 0.6) is 0 Å². The highest BCUT2D eigenvalue weighted by molar-refractivity contribution is 5.91. The molecule has 0 heterocycles. The van der Waals surface area contributed by atoms with Gasteiger partial charge in [-0.15, -0.1) is 0 Å². The summed E-state index contributed by atoms with van der Waals surface area (Å²) >= 11 is 0. The number of unbranched alkanes of at least 4 members (excludes halogenated alkanes) is 1. The van der Waals surface area contributed by atoms with Gasteiger partial charge in [-0.3, -0.25) is 19.2 Å². The second kappa shape index (κ2) is 15.9. The first-order valence-electron chi connectivity index (χ1n) is 13.8. The maximum atomic E-state index is 12.9. The largest absolute Gasteiger partial charge is 0.481 e. The molecule has 216 valence electrons. The molecular weight excluding hydrogens is 520 g/mol. The van der Waals surface area contributed by atoms with E-state index in [9.17, 15) is 19.2 Å². The summed E-state index contributed by atoms with van der Waals surface area (Å²) in [5.74, 6) is -2.82. The number of aryl methyl sites for hydroxylation is 1. The van der Waals surface area contributed by atoms with Crippen molar-refractivity contribution in [3.05, 3.63) is 84.4 Å². The summed E-state index contributed by atoms with van der Waals surface area (Å²) in [6, 6.07) is 24.6. The molecule has 0 fully saturated rings. The number of carbonyl (C=O) groups excluding carboxylic acids is 3. The molecule has 0 saturated heterocycles. The van der Waals surface area contributed by atoms with E-state index in [0.29, 0.717) is 32.2 Å². The predicted octanol–water partition coefficient (Wildman–Crippen LogP) is 3.40. The lowest BCUT2D eigenvalue weighted by Gasteiger charge is -2.22. The summed E-state index contributed by atoms with van der Waals surface area (Å²) in [5, 5.41) is 14.1. The van der Waals surface area contributed by atoms with Crippen molar-refractivity contribution in [1.82, 2.24) is 10.6 Å². The summed E-state index contributed by atoms with van der Waals surface area (Å²) in [5.41, 5.74) is 16.4. The highest BCUT2D eigenvalue weighted by Crippen LogP contribution is 2.25. The van der Waals surface area contributed by atoms with Gasteiger partial charge in [0.2, 0.25) is 17.7 Å². The van der Waals surface area contributed by atoms with Crippen LogP contribution in [-0.2, 0) is 25.6 Å². The standard InChI is InChI=1S/C32H38N4O5/c33-21-5-4-8-28(32(41)36-27(31(34)40)18-20-30(38)39)35-29(37)19-11-22-9-12-24(13-10-22)26-16-14-25(15-17-26)23-6-2-1-3-7-23/h1-3,6-7,9-10,12-17,27-28H,4-5,8,11,18-21,33H2,(H2,34,40)(H,35,37)(H,36,41)(H,38,39)/t27-,28?/m0/s1. The molecule has 3 aromatic rings. The van der Waals surface area contributed by atoms with E-state index in [1.165, 1.54) is 0 Å². The molecule has 0 saturated carbocycles. The van der Waals surface area contributed by atoms with Crippen molar-refractivity contribution in [2.24, 2.45) is 11.5 Å². The first kappa shape index (κ1) is 31.0. The second-order valence-electron chi connectivity index (χ2n) is 9.94. The Bertz CT molecular complexity index is 1290. The number of primary amides is 1. The maximum Gasteiger partial charge on any atom is 0.303 e. The Morgan fingerprint density at radius 3 is 1.78 bits per heavy atom. The zero-order valence-corrected chi connectivity index (χ0v) is 23.1. The fraction of sp³-hybridized carbons (Fsp3) is 0.312. The number of amides is 3. The minimum absolute atomic E-state index is 0.132. The van der Waals surface area contributed by atoms with Crippen molar-refractivity contribution in [3.63, 3.8) is 0 Å². The SMILES string of the molecule is NCCCCC(NC(=O)CCc1ccc(-c2ccc(-c3ccccc3)cc2)cc1)C(=O)N[C@@H](CCC(=O)O)C(N)=O. The molecule has 41 heavy (non-hydrogen) atoms. The first-order valence-corrected chi connectivity index (χ1v) is 13.8. The minimum atomic E-state index is -1.14. The molecule has 0 aromatic heterocycles. The van der Waals surface area contributed by atoms with Crippen LogP contribution in [0.15, 0.2) is 78.9 Å². The Balaban J connectivity index is 1.56. The summed E-state index contributed by atoms with van der Waals surface area (Å²) < 4.78 is 0. The van der Waals surface area contributed by atoms with E-state index >= 15 is 0 Å². The summed E-state index contributed by atoms with van der Waals surface area (Å²) in [7, 11) is 0. The van der Waals surface area contributed by atoms with Crippen LogP contribution in [0.2, 0.25) is 0 Å². The Hall–Kier alpha value is -4.50. The predicted molar refractivity (Wildman–Crippen MR) is 158 cm³/mol. The monoisotopic (exact) mass is 558 g/mol. The van der Waals surface area contributed by atoms with Crippen molar-refractivity contribution >= 4 is 23.7 Å². The third-order valence-corrected chi connectivity index (χ3v) is 6.83. The molecule has 7 N–H and O–H groups in total. The molecule has 0 aliphatic rings. The third kappa shape index (κ3) is 10.2. The number of hydrogen-bond donors (Lipinski definition) is 5. The molecule has 1 unspecified atom stereocenters. The van der Waals surface area contributed by atoms with Crippen molar-refractivity contribution < 1.29 is 24.3 Å². The van der Waals surface area contributed by atoms with E-state index in [0.717, 1.165) is 27.8 Å². The Morgan fingerprint density at radius 2 is 1.24 bits per heavy atom. The van der Waals surface area contributed by atoms with Gasteiger partial charge in [0.05, 0.1) is 0 Å². The average molecular weight is 559 g/mol. The summed E-state index contributed by atoms with van der Waals surface area (Å²) in [6.45, 7) is 0.442. The number of hydrogen-bond acceptors (Lipinski definition) is 5. The Labute approximate surface area is 240 Å². The first-order chi connectivity index (χ1) is 19.8. The van der Waals surface area contributed by atoms with E-state index in [4.69, 9.17) is 16.6 Å². The van der Waals surface area contributed by atoms with Gasteiger partial charge in [0.25, 0.3) is 0 Å². The fourth-order valence-electron chi connectivity index (χ4n) is 4.46. The molecule has 0 bridgehead atoms. The topological polar surface area (TPSA) is 165 Å². The fourth-order valence-corrected chi connectivity index (χ4v) is 4.46. The smallest absolute Gasteiger partial charge is 0.303 e. The van der Waals surface area contributed by atoms with Crippen LogP contribution in [0.1, 0.15) is 44.1 Å². The van der Waals surface area contributed by atoms with Crippen LogP contribution < -0.4 is 22.1 Å². The van der Waals surface area contributed by atoms with E-state index in [2.05, 4.69) is 47.0 Å². The zero-order valence-electron chi connectivity index (χ0n) is 23.1. The minimum Gasteiger partial charge on any atom is -0.481 e. The second-order valence-corrected chi connectivity index (χ2v) is 9.94. The van der Waals surface area contributed by atoms with Gasteiger partial charge in [0.1, 0.15) is 12.1 Å². The number of nitrogens with two attached hydrogens (primary N) is 2. The summed E-state index contributed by atoms with van der Waals surface area (Å²) in [4.78, 5) is 48.2. The number of carboxylic acids is 1. The lowest BCUT2D eigenvalue weighted by atomic mass is 9.99. The van der Waals surface area contributed by atoms with Crippen molar-refractivity contribution in [1.29, 1.82) is 0 Å². The molecule has 0 radical (unpaired) electrons. The van der Waals surface area contributed by atoms with E-state index in [-0.39, 0.29) is 25.2 Å². The van der Waals surface area contributed by atoms with Gasteiger partial charge in [-0.25, -0.2) is 0 Å². The number of benzene rings is 3. The maximum absolute atomic E-state index is 12.9. The lowest BCUT2D eigenvalue weighted by Crippen LogP contribution is -2.53. The van der Waals surface area contributed by atoms with Crippen molar-refractivity contribution in [2.75, 3.05) is 6.54 Å². The van der Waals surface area contributed by atoms with Crippen LogP contribution in [0.4, 0.5) is 0 Å². The highest BCUT2D eigenvalue weighted by Gasteiger charge is 2.25. The van der Waals surface area contributed by atoms with Crippen LogP contribution >= 0.6 is 0 Å². The molecule has 0 spiro atoms. The number of carboxylic acid groups (broad SMARTS) is 1. The molecule has 3 rings (SSSR count). The average Bonchev–Trinajstić information content (AvgIpc) is 2.98. The van der Waals surface area contributed by atoms with Crippen molar-refractivity contribution in [3.8, 4) is 22.3 Å². The summed E-state index contributed by atoms with van der Waals surface area (Å²) in [6.07, 6.45) is 1.79. The van der Waals surface area contributed by atoms with Gasteiger partial charge in [0.15, 0.2) is 0 Å². The van der Waals surface area contributed by atoms with Crippen LogP contribution in [-0.4, -0.2) is 47.4 Å². The molecule has 0 aliphatic heterocycles. The molecule has 0 aliphatic carbocycles. The highest BCUT2D eigenvalue weighted by atomic mass is 16.4. The van der Waals surface area contributed by atoms with Gasteiger partial charge in [-0.05, 0) is 66.5 Å². The quantitative estimate of drug-likeness (QED) is 0.169. The number of carbonyl (C=O) groups is 4. The normalized spacial score (nSPS) is 12.2. The molecule has 9 nitrogen and oxygen atoms in total. The van der Waals surface area contributed by atoms with Gasteiger partial charge < -0.3 is 27.2 Å². The van der Waals surface area contributed by atoms with Gasteiger partial charge in [-0.2, -0.15) is 0 Å². The Morgan fingerprint density at radius 1 is 0.683 bits per heavy atom. The Kier molecular flexibility index (Phi) is 12.1. The zero-order chi connectivity index (χ0) is 29.6. The van der Waals surface area contributed by atoms with Crippen LogP contribution in [0, 0.1) is 0 Å². The molecule has 9 heteroatoms. The van der Waals surface area contributed by atoms with E-state index in [1.54, 1.807) is 0 Å². The number of aliphatic carboxylic acids is 1. The number of nitrogens with one attached hydrogen (secondary N) is 2. The lowest BCUT2D eigenvalue weighted by molar-refractivity contribution is -0.137. The molecule has 3 amide bonds. The van der Waals surface area contributed by atoms with Gasteiger partial charge in [0, 0.05) is 12.8 Å². The van der Waals surface area contributed by atoms with Crippen LogP contribution in [0.25, 0.3) is 22.3 Å².